The van der Waals surface area contributed by atoms with Gasteiger partial charge < -0.3 is 13.9 Å². The molecule has 1 amide bonds. The van der Waals surface area contributed by atoms with Gasteiger partial charge in [0.05, 0.1) is 5.71 Å². The lowest BCUT2D eigenvalue weighted by Crippen LogP contribution is -2.21. The highest BCUT2D eigenvalue weighted by molar-refractivity contribution is 6.01. The quantitative estimate of drug-likeness (QED) is 0.661. The summed E-state index contributed by atoms with van der Waals surface area (Å²) < 4.78 is 10.0. The van der Waals surface area contributed by atoms with E-state index in [1.54, 1.807) is 19.9 Å². The molecule has 0 aliphatic carbocycles. The molecule has 0 saturated carbocycles. The highest BCUT2D eigenvalue weighted by atomic mass is 16.4. The van der Waals surface area contributed by atoms with Crippen molar-refractivity contribution in [3.05, 3.63) is 51.5 Å². The second-order valence-corrected chi connectivity index (χ2v) is 4.45. The number of amides is 1. The van der Waals surface area contributed by atoms with Crippen molar-refractivity contribution in [2.24, 2.45) is 5.10 Å². The van der Waals surface area contributed by atoms with Crippen LogP contribution in [0.25, 0.3) is 0 Å². The summed E-state index contributed by atoms with van der Waals surface area (Å²) in [7, 11) is 0. The Labute approximate surface area is 119 Å². The normalized spacial score (nSPS) is 11.5. The highest BCUT2D eigenvalue weighted by Crippen LogP contribution is 2.15. The van der Waals surface area contributed by atoms with E-state index in [1.807, 2.05) is 0 Å². The Hall–Kier alpha value is -2.83. The van der Waals surface area contributed by atoms with Crippen molar-refractivity contribution in [3.8, 4) is 5.75 Å². The van der Waals surface area contributed by atoms with Gasteiger partial charge >= 0.3 is 11.5 Å². The molecule has 2 rings (SSSR count). The van der Waals surface area contributed by atoms with Gasteiger partial charge in [-0.1, -0.05) is 0 Å². The number of hydrazone groups is 1. The van der Waals surface area contributed by atoms with Crippen molar-refractivity contribution >= 4 is 11.6 Å². The lowest BCUT2D eigenvalue weighted by atomic mass is 10.2. The molecule has 0 bridgehead atoms. The van der Waals surface area contributed by atoms with Gasteiger partial charge in [0.1, 0.15) is 22.8 Å². The second kappa shape index (κ2) is 5.66. The summed E-state index contributed by atoms with van der Waals surface area (Å²) in [5.74, 6) is 0.164. The Balaban J connectivity index is 2.22. The SMILES string of the molecule is CC(=NNC(=O)c1ccc(C)o1)c1c(O)cc(C)oc1=O. The number of nitrogens with zero attached hydrogens (tertiary/aromatic N) is 1. The van der Waals surface area contributed by atoms with Gasteiger partial charge in [-0.05, 0) is 32.9 Å². The van der Waals surface area contributed by atoms with Gasteiger partial charge in [-0.2, -0.15) is 5.10 Å². The number of furan rings is 1. The summed E-state index contributed by atoms with van der Waals surface area (Å²) in [5.41, 5.74) is 1.54. The van der Waals surface area contributed by atoms with Crippen molar-refractivity contribution in [1.29, 1.82) is 0 Å². The topological polar surface area (TPSA) is 105 Å². The number of aryl methyl sites for hydroxylation is 2. The molecule has 21 heavy (non-hydrogen) atoms. The first kappa shape index (κ1) is 14.6. The van der Waals surface area contributed by atoms with Crippen LogP contribution in [0.4, 0.5) is 0 Å². The molecule has 0 atom stereocenters. The highest BCUT2D eigenvalue weighted by Gasteiger charge is 2.14. The summed E-state index contributed by atoms with van der Waals surface area (Å²) in [6.07, 6.45) is 0. The Morgan fingerprint density at radius 2 is 1.95 bits per heavy atom. The maximum atomic E-state index is 11.7. The molecule has 0 spiro atoms. The van der Waals surface area contributed by atoms with Gasteiger partial charge in [-0.15, -0.1) is 0 Å². The third-order valence-corrected chi connectivity index (χ3v) is 2.71. The fourth-order valence-corrected chi connectivity index (χ4v) is 1.73. The van der Waals surface area contributed by atoms with E-state index < -0.39 is 11.5 Å². The number of carbonyl (C=O) groups excluding carboxylic acids is 1. The number of aromatic hydroxyl groups is 1. The molecule has 0 unspecified atom stereocenters. The molecule has 2 aromatic heterocycles. The lowest BCUT2D eigenvalue weighted by Gasteiger charge is -2.03. The van der Waals surface area contributed by atoms with Crippen LogP contribution in [0.2, 0.25) is 0 Å². The predicted octanol–water partition coefficient (Wildman–Crippen LogP) is 1.71. The average molecular weight is 290 g/mol. The zero-order valence-corrected chi connectivity index (χ0v) is 11.8. The Morgan fingerprint density at radius 1 is 1.24 bits per heavy atom. The number of hydrogen-bond acceptors (Lipinski definition) is 6. The minimum atomic E-state index is -0.725. The molecule has 7 nitrogen and oxygen atoms in total. The summed E-state index contributed by atoms with van der Waals surface area (Å²) in [6.45, 7) is 4.72. The molecule has 0 saturated heterocycles. The van der Waals surface area contributed by atoms with Gasteiger partial charge in [0.15, 0.2) is 5.76 Å². The van der Waals surface area contributed by atoms with Gasteiger partial charge in [0.25, 0.3) is 0 Å². The summed E-state index contributed by atoms with van der Waals surface area (Å²) >= 11 is 0. The van der Waals surface area contributed by atoms with Crippen molar-refractivity contribution < 1.29 is 18.7 Å². The number of carbonyl (C=O) groups is 1. The van der Waals surface area contributed by atoms with E-state index in [4.69, 9.17) is 8.83 Å². The molecule has 0 fully saturated rings. The van der Waals surface area contributed by atoms with Gasteiger partial charge in [-0.25, -0.2) is 10.2 Å². The molecule has 0 radical (unpaired) electrons. The molecule has 0 aliphatic rings. The van der Waals surface area contributed by atoms with Gasteiger partial charge in [0.2, 0.25) is 0 Å². The summed E-state index contributed by atoms with van der Waals surface area (Å²) in [4.78, 5) is 23.4. The van der Waals surface area contributed by atoms with Crippen LogP contribution in [0.3, 0.4) is 0 Å². The molecular weight excluding hydrogens is 276 g/mol. The van der Waals surface area contributed by atoms with Gasteiger partial charge in [0, 0.05) is 6.07 Å². The third-order valence-electron chi connectivity index (χ3n) is 2.71. The predicted molar refractivity (Wildman–Crippen MR) is 74.5 cm³/mol. The van der Waals surface area contributed by atoms with E-state index in [0.717, 1.165) is 0 Å². The van der Waals surface area contributed by atoms with Crippen molar-refractivity contribution in [3.63, 3.8) is 0 Å². The van der Waals surface area contributed by atoms with Crippen molar-refractivity contribution in [2.45, 2.75) is 20.8 Å². The van der Waals surface area contributed by atoms with Crippen molar-refractivity contribution in [1.82, 2.24) is 5.43 Å². The molecule has 110 valence electrons. The molecule has 7 heteroatoms. The minimum absolute atomic E-state index is 0.100. The average Bonchev–Trinajstić information content (AvgIpc) is 2.81. The Kier molecular flexibility index (Phi) is 3.93. The smallest absolute Gasteiger partial charge is 0.348 e. The molecule has 0 aromatic carbocycles. The maximum Gasteiger partial charge on any atom is 0.348 e. The first-order valence-electron chi connectivity index (χ1n) is 6.13. The van der Waals surface area contributed by atoms with Crippen LogP contribution in [0.5, 0.6) is 5.75 Å². The van der Waals surface area contributed by atoms with Crippen LogP contribution in [0.15, 0.2) is 36.9 Å². The van der Waals surface area contributed by atoms with E-state index in [-0.39, 0.29) is 28.5 Å². The lowest BCUT2D eigenvalue weighted by molar-refractivity contribution is 0.0926. The fourth-order valence-electron chi connectivity index (χ4n) is 1.73. The first-order chi connectivity index (χ1) is 9.88. The van der Waals surface area contributed by atoms with E-state index >= 15 is 0 Å². The van der Waals surface area contributed by atoms with Crippen LogP contribution in [-0.4, -0.2) is 16.7 Å². The van der Waals surface area contributed by atoms with E-state index in [1.165, 1.54) is 19.1 Å². The van der Waals surface area contributed by atoms with Crippen LogP contribution in [-0.2, 0) is 0 Å². The Morgan fingerprint density at radius 3 is 2.52 bits per heavy atom. The Bertz CT molecular complexity index is 770. The number of rotatable bonds is 3. The van der Waals surface area contributed by atoms with E-state index in [2.05, 4.69) is 10.5 Å². The molecule has 2 N–H and O–H groups in total. The third kappa shape index (κ3) is 3.19. The minimum Gasteiger partial charge on any atom is -0.507 e. The first-order valence-corrected chi connectivity index (χ1v) is 6.13. The molecular formula is C14H14N2O5. The summed E-state index contributed by atoms with van der Waals surface area (Å²) in [6, 6.07) is 4.45. The summed E-state index contributed by atoms with van der Waals surface area (Å²) in [5, 5.41) is 13.5. The van der Waals surface area contributed by atoms with Crippen LogP contribution in [0, 0.1) is 13.8 Å². The number of hydrogen-bond donors (Lipinski definition) is 2. The van der Waals surface area contributed by atoms with Crippen LogP contribution < -0.4 is 11.1 Å². The van der Waals surface area contributed by atoms with Crippen molar-refractivity contribution in [2.75, 3.05) is 0 Å². The zero-order chi connectivity index (χ0) is 15.6. The maximum absolute atomic E-state index is 11.7. The van der Waals surface area contributed by atoms with E-state index in [9.17, 15) is 14.7 Å². The largest absolute Gasteiger partial charge is 0.507 e. The molecule has 2 heterocycles. The molecule has 0 aliphatic heterocycles. The van der Waals surface area contributed by atoms with Gasteiger partial charge in [-0.3, -0.25) is 4.79 Å². The van der Waals surface area contributed by atoms with Crippen LogP contribution in [0.1, 0.15) is 34.6 Å². The standard InChI is InChI=1S/C14H14N2O5/c1-7-4-5-11(20-7)13(18)16-15-9(3)12-10(17)6-8(2)21-14(12)19/h4-6,17H,1-3H3,(H,16,18). The van der Waals surface area contributed by atoms with Crippen LogP contribution >= 0.6 is 0 Å². The fraction of sp³-hybridized carbons (Fsp3) is 0.214. The van der Waals surface area contributed by atoms with E-state index in [0.29, 0.717) is 5.76 Å². The molecule has 2 aromatic rings. The second-order valence-electron chi connectivity index (χ2n) is 4.45. The monoisotopic (exact) mass is 290 g/mol. The zero-order valence-electron chi connectivity index (χ0n) is 11.8. The number of nitrogens with one attached hydrogen (secondary N) is 1.